The Kier molecular flexibility index (Phi) is 5.81. The second-order valence-electron chi connectivity index (χ2n) is 5.62. The minimum absolute atomic E-state index is 0.532. The molecular weight excluding hydrogens is 262 g/mol. The topological polar surface area (TPSA) is 12.0 Å². The van der Waals surface area contributed by atoms with Crippen LogP contribution >= 0.6 is 11.3 Å². The summed E-state index contributed by atoms with van der Waals surface area (Å²) in [6.07, 6.45) is 3.42. The molecule has 108 valence electrons. The van der Waals surface area contributed by atoms with E-state index in [1.165, 1.54) is 28.7 Å². The van der Waals surface area contributed by atoms with E-state index < -0.39 is 0 Å². The zero-order valence-corrected chi connectivity index (χ0v) is 13.6. The standard InChI is InChI=1S/C18H25NS/c1-4-8-19-18(11-16-7-9-20-13-16)12-17-10-14(2)5-6-15(17)3/h5-7,9-10,13,18-19H,4,8,11-12H2,1-3H3. The summed E-state index contributed by atoms with van der Waals surface area (Å²) in [5, 5.41) is 8.15. The summed E-state index contributed by atoms with van der Waals surface area (Å²) in [7, 11) is 0. The van der Waals surface area contributed by atoms with Crippen molar-refractivity contribution in [3.8, 4) is 0 Å². The van der Waals surface area contributed by atoms with Crippen molar-refractivity contribution in [2.75, 3.05) is 6.54 Å². The first-order valence-corrected chi connectivity index (χ1v) is 8.44. The second-order valence-corrected chi connectivity index (χ2v) is 6.40. The Balaban J connectivity index is 2.08. The van der Waals surface area contributed by atoms with Gasteiger partial charge in [-0.05, 0) is 73.2 Å². The molecular formula is C18H25NS. The lowest BCUT2D eigenvalue weighted by molar-refractivity contribution is 0.504. The fraction of sp³-hybridized carbons (Fsp3) is 0.444. The lowest BCUT2D eigenvalue weighted by Crippen LogP contribution is -2.34. The Bertz CT molecular complexity index is 516. The molecule has 0 saturated heterocycles. The van der Waals surface area contributed by atoms with Crippen LogP contribution in [0.15, 0.2) is 35.0 Å². The molecule has 0 aliphatic heterocycles. The number of nitrogens with one attached hydrogen (secondary N) is 1. The quantitative estimate of drug-likeness (QED) is 0.789. The Morgan fingerprint density at radius 1 is 1.15 bits per heavy atom. The van der Waals surface area contributed by atoms with Gasteiger partial charge in [0.05, 0.1) is 0 Å². The third-order valence-corrected chi connectivity index (χ3v) is 4.45. The van der Waals surface area contributed by atoms with Crippen LogP contribution in [0.3, 0.4) is 0 Å². The fourth-order valence-corrected chi connectivity index (χ4v) is 3.23. The van der Waals surface area contributed by atoms with Gasteiger partial charge in [0.2, 0.25) is 0 Å². The molecule has 1 aromatic heterocycles. The van der Waals surface area contributed by atoms with Gasteiger partial charge in [0.15, 0.2) is 0 Å². The molecule has 0 radical (unpaired) electrons. The van der Waals surface area contributed by atoms with Gasteiger partial charge < -0.3 is 5.32 Å². The van der Waals surface area contributed by atoms with E-state index in [2.05, 4.69) is 61.1 Å². The molecule has 0 aliphatic rings. The molecule has 0 spiro atoms. The summed E-state index contributed by atoms with van der Waals surface area (Å²) in [5.41, 5.74) is 5.70. The predicted molar refractivity (Wildman–Crippen MR) is 89.7 cm³/mol. The third kappa shape index (κ3) is 4.46. The van der Waals surface area contributed by atoms with Crippen molar-refractivity contribution in [3.05, 3.63) is 57.3 Å². The van der Waals surface area contributed by atoms with Crippen LogP contribution in [0.25, 0.3) is 0 Å². The summed E-state index contributed by atoms with van der Waals surface area (Å²) in [5.74, 6) is 0. The lowest BCUT2D eigenvalue weighted by Gasteiger charge is -2.19. The van der Waals surface area contributed by atoms with Crippen LogP contribution in [0.4, 0.5) is 0 Å². The van der Waals surface area contributed by atoms with Crippen molar-refractivity contribution in [3.63, 3.8) is 0 Å². The second kappa shape index (κ2) is 7.61. The molecule has 2 rings (SSSR count). The highest BCUT2D eigenvalue weighted by Crippen LogP contribution is 2.16. The normalized spacial score (nSPS) is 12.6. The molecule has 1 nitrogen and oxygen atoms in total. The molecule has 1 unspecified atom stereocenters. The van der Waals surface area contributed by atoms with Gasteiger partial charge in [-0.15, -0.1) is 0 Å². The maximum absolute atomic E-state index is 3.71. The summed E-state index contributed by atoms with van der Waals surface area (Å²) in [6.45, 7) is 7.72. The summed E-state index contributed by atoms with van der Waals surface area (Å²) in [4.78, 5) is 0. The van der Waals surface area contributed by atoms with Crippen molar-refractivity contribution >= 4 is 11.3 Å². The number of rotatable bonds is 7. The number of hydrogen-bond donors (Lipinski definition) is 1. The molecule has 1 N–H and O–H groups in total. The van der Waals surface area contributed by atoms with E-state index in [1.54, 1.807) is 11.3 Å². The average Bonchev–Trinajstić information content (AvgIpc) is 2.93. The zero-order valence-electron chi connectivity index (χ0n) is 12.8. The first-order valence-electron chi connectivity index (χ1n) is 7.49. The van der Waals surface area contributed by atoms with E-state index in [1.807, 2.05) is 0 Å². The lowest BCUT2D eigenvalue weighted by atomic mass is 9.96. The molecule has 0 aliphatic carbocycles. The molecule has 0 fully saturated rings. The van der Waals surface area contributed by atoms with Gasteiger partial charge in [0.1, 0.15) is 0 Å². The maximum atomic E-state index is 3.71. The maximum Gasteiger partial charge on any atom is 0.0148 e. The number of hydrogen-bond acceptors (Lipinski definition) is 2. The fourth-order valence-electron chi connectivity index (χ4n) is 2.54. The van der Waals surface area contributed by atoms with Gasteiger partial charge in [0.25, 0.3) is 0 Å². The number of benzene rings is 1. The molecule has 0 amide bonds. The highest BCUT2D eigenvalue weighted by molar-refractivity contribution is 7.07. The SMILES string of the molecule is CCCNC(Cc1ccsc1)Cc1cc(C)ccc1C. The number of aryl methyl sites for hydroxylation is 2. The van der Waals surface area contributed by atoms with E-state index >= 15 is 0 Å². The minimum atomic E-state index is 0.532. The van der Waals surface area contributed by atoms with Crippen molar-refractivity contribution in [1.29, 1.82) is 0 Å². The molecule has 20 heavy (non-hydrogen) atoms. The monoisotopic (exact) mass is 287 g/mol. The smallest absolute Gasteiger partial charge is 0.0148 e. The first-order chi connectivity index (χ1) is 9.69. The van der Waals surface area contributed by atoms with E-state index in [-0.39, 0.29) is 0 Å². The molecule has 0 saturated carbocycles. The van der Waals surface area contributed by atoms with Crippen molar-refractivity contribution in [2.45, 2.75) is 46.1 Å². The van der Waals surface area contributed by atoms with E-state index in [9.17, 15) is 0 Å². The Morgan fingerprint density at radius 3 is 2.70 bits per heavy atom. The molecule has 1 atom stereocenters. The summed E-state index contributed by atoms with van der Waals surface area (Å²) < 4.78 is 0. The zero-order chi connectivity index (χ0) is 14.4. The van der Waals surface area contributed by atoms with Gasteiger partial charge in [-0.25, -0.2) is 0 Å². The average molecular weight is 287 g/mol. The van der Waals surface area contributed by atoms with Crippen LogP contribution in [0, 0.1) is 13.8 Å². The van der Waals surface area contributed by atoms with Crippen molar-refractivity contribution in [1.82, 2.24) is 5.32 Å². The molecule has 1 heterocycles. The summed E-state index contributed by atoms with van der Waals surface area (Å²) in [6, 6.07) is 9.56. The Hall–Kier alpha value is -1.12. The summed E-state index contributed by atoms with van der Waals surface area (Å²) >= 11 is 1.79. The Morgan fingerprint density at radius 2 is 2.00 bits per heavy atom. The van der Waals surface area contributed by atoms with Crippen LogP contribution in [0.1, 0.15) is 35.6 Å². The van der Waals surface area contributed by atoms with Crippen LogP contribution in [0.5, 0.6) is 0 Å². The molecule has 2 aromatic rings. The largest absolute Gasteiger partial charge is 0.313 e. The minimum Gasteiger partial charge on any atom is -0.313 e. The van der Waals surface area contributed by atoms with Gasteiger partial charge in [-0.3, -0.25) is 0 Å². The van der Waals surface area contributed by atoms with Crippen LogP contribution in [0.2, 0.25) is 0 Å². The van der Waals surface area contributed by atoms with Gasteiger partial charge in [-0.1, -0.05) is 30.7 Å². The van der Waals surface area contributed by atoms with Gasteiger partial charge >= 0.3 is 0 Å². The van der Waals surface area contributed by atoms with Crippen LogP contribution in [-0.2, 0) is 12.8 Å². The van der Waals surface area contributed by atoms with E-state index in [4.69, 9.17) is 0 Å². The third-order valence-electron chi connectivity index (χ3n) is 3.72. The first kappa shape index (κ1) is 15.3. The van der Waals surface area contributed by atoms with E-state index in [0.29, 0.717) is 6.04 Å². The van der Waals surface area contributed by atoms with Crippen molar-refractivity contribution in [2.24, 2.45) is 0 Å². The van der Waals surface area contributed by atoms with E-state index in [0.717, 1.165) is 19.4 Å². The van der Waals surface area contributed by atoms with Crippen molar-refractivity contribution < 1.29 is 0 Å². The highest BCUT2D eigenvalue weighted by atomic mass is 32.1. The molecule has 2 heteroatoms. The number of thiophene rings is 1. The van der Waals surface area contributed by atoms with Crippen LogP contribution in [-0.4, -0.2) is 12.6 Å². The Labute approximate surface area is 127 Å². The van der Waals surface area contributed by atoms with Crippen LogP contribution < -0.4 is 5.32 Å². The van der Waals surface area contributed by atoms with Gasteiger partial charge in [0, 0.05) is 6.04 Å². The molecule has 1 aromatic carbocycles. The molecule has 0 bridgehead atoms. The predicted octanol–water partition coefficient (Wildman–Crippen LogP) is 4.52. The van der Waals surface area contributed by atoms with Gasteiger partial charge in [-0.2, -0.15) is 11.3 Å². The highest BCUT2D eigenvalue weighted by Gasteiger charge is 2.12.